The van der Waals surface area contributed by atoms with Crippen LogP contribution in [-0.2, 0) is 11.3 Å². The number of benzene rings is 1. The van der Waals surface area contributed by atoms with Gasteiger partial charge < -0.3 is 10.1 Å². The van der Waals surface area contributed by atoms with Crippen LogP contribution in [0.25, 0.3) is 11.3 Å². The van der Waals surface area contributed by atoms with Crippen LogP contribution in [-0.4, -0.2) is 23.6 Å². The van der Waals surface area contributed by atoms with Crippen LogP contribution in [0.2, 0.25) is 0 Å². The van der Waals surface area contributed by atoms with E-state index in [-0.39, 0.29) is 5.82 Å². The lowest BCUT2D eigenvalue weighted by molar-refractivity contribution is 0.178. The summed E-state index contributed by atoms with van der Waals surface area (Å²) in [6.07, 6.45) is 0.985. The van der Waals surface area contributed by atoms with Gasteiger partial charge in [-0.15, -0.1) is 0 Å². The highest BCUT2D eigenvalue weighted by Crippen LogP contribution is 2.23. The van der Waals surface area contributed by atoms with Gasteiger partial charge in [-0.25, -0.2) is 14.4 Å². The van der Waals surface area contributed by atoms with Crippen LogP contribution >= 0.6 is 0 Å². The molecular formula is C15H18FN3O. The normalized spacial score (nSPS) is 10.6. The third-order valence-electron chi connectivity index (χ3n) is 2.75. The zero-order chi connectivity index (χ0) is 14.4. The smallest absolute Gasteiger partial charge is 0.157 e. The number of nitrogens with zero attached hydrogens (tertiary/aromatic N) is 2. The number of rotatable bonds is 6. The minimum absolute atomic E-state index is 0.295. The fourth-order valence-corrected chi connectivity index (χ4v) is 1.84. The van der Waals surface area contributed by atoms with Crippen molar-refractivity contribution in [3.05, 3.63) is 42.0 Å². The molecule has 2 rings (SSSR count). The van der Waals surface area contributed by atoms with Crippen molar-refractivity contribution in [3.63, 3.8) is 0 Å². The topological polar surface area (TPSA) is 47.0 Å². The fraction of sp³-hybridized carbons (Fsp3) is 0.333. The Hall–Kier alpha value is -2.01. The van der Waals surface area contributed by atoms with E-state index in [4.69, 9.17) is 4.74 Å². The average Bonchev–Trinajstić information content (AvgIpc) is 2.46. The highest BCUT2D eigenvalue weighted by molar-refractivity contribution is 5.63. The lowest BCUT2D eigenvalue weighted by atomic mass is 10.1. The molecule has 0 spiro atoms. The number of hydrogen-bond acceptors (Lipinski definition) is 4. The summed E-state index contributed by atoms with van der Waals surface area (Å²) < 4.78 is 18.9. The molecule has 0 saturated heterocycles. The molecule has 0 atom stereocenters. The second kappa shape index (κ2) is 6.96. The molecule has 0 saturated carbocycles. The molecule has 0 unspecified atom stereocenters. The maximum atomic E-state index is 13.9. The molecule has 106 valence electrons. The van der Waals surface area contributed by atoms with Crippen LogP contribution in [0.3, 0.4) is 0 Å². The molecule has 20 heavy (non-hydrogen) atoms. The van der Waals surface area contributed by atoms with Gasteiger partial charge in [0, 0.05) is 25.3 Å². The fourth-order valence-electron chi connectivity index (χ4n) is 1.84. The van der Waals surface area contributed by atoms with Gasteiger partial charge in [0.25, 0.3) is 0 Å². The monoisotopic (exact) mass is 275 g/mol. The number of methoxy groups -OCH3 is 1. The quantitative estimate of drug-likeness (QED) is 0.879. The molecule has 0 bridgehead atoms. The van der Waals surface area contributed by atoms with Gasteiger partial charge in [0.05, 0.1) is 5.69 Å². The molecule has 0 fully saturated rings. The maximum absolute atomic E-state index is 13.9. The molecule has 1 heterocycles. The second-order valence-electron chi connectivity index (χ2n) is 4.39. The summed E-state index contributed by atoms with van der Waals surface area (Å²) in [6, 6.07) is 8.33. The molecule has 0 aliphatic heterocycles. The predicted molar refractivity (Wildman–Crippen MR) is 76.9 cm³/mol. The van der Waals surface area contributed by atoms with Crippen LogP contribution in [0.1, 0.15) is 19.2 Å². The molecule has 0 radical (unpaired) electrons. The summed E-state index contributed by atoms with van der Waals surface area (Å²) in [5.41, 5.74) is 1.02. The predicted octanol–water partition coefficient (Wildman–Crippen LogP) is 3.25. The van der Waals surface area contributed by atoms with E-state index in [1.165, 1.54) is 6.07 Å². The zero-order valence-corrected chi connectivity index (χ0v) is 11.7. The third kappa shape index (κ3) is 3.51. The van der Waals surface area contributed by atoms with Crippen LogP contribution in [0.5, 0.6) is 0 Å². The Balaban J connectivity index is 2.40. The number of aromatic nitrogens is 2. The maximum Gasteiger partial charge on any atom is 0.157 e. The van der Waals surface area contributed by atoms with E-state index in [1.807, 2.05) is 0 Å². The van der Waals surface area contributed by atoms with Gasteiger partial charge in [-0.2, -0.15) is 0 Å². The Bertz CT molecular complexity index is 575. The van der Waals surface area contributed by atoms with Crippen LogP contribution in [0.15, 0.2) is 30.3 Å². The minimum atomic E-state index is -0.295. The first-order valence-corrected chi connectivity index (χ1v) is 6.60. The van der Waals surface area contributed by atoms with Gasteiger partial charge in [0.1, 0.15) is 18.2 Å². The van der Waals surface area contributed by atoms with E-state index in [0.717, 1.165) is 13.0 Å². The van der Waals surface area contributed by atoms with Gasteiger partial charge in [0.2, 0.25) is 0 Å². The average molecular weight is 275 g/mol. The van der Waals surface area contributed by atoms with E-state index >= 15 is 0 Å². The van der Waals surface area contributed by atoms with Crippen molar-refractivity contribution in [1.82, 2.24) is 9.97 Å². The number of anilines is 1. The highest BCUT2D eigenvalue weighted by atomic mass is 19.1. The van der Waals surface area contributed by atoms with E-state index in [9.17, 15) is 4.39 Å². The Labute approximate surface area is 118 Å². The highest BCUT2D eigenvalue weighted by Gasteiger charge is 2.10. The summed E-state index contributed by atoms with van der Waals surface area (Å²) in [7, 11) is 1.58. The number of halogens is 1. The Kier molecular flexibility index (Phi) is 5.01. The SMILES string of the molecule is CCCNc1cc(-c2ccccc2F)nc(COC)n1. The number of nitrogens with one attached hydrogen (secondary N) is 1. The van der Waals surface area contributed by atoms with Crippen LogP contribution in [0.4, 0.5) is 10.2 Å². The van der Waals surface area contributed by atoms with Crippen molar-refractivity contribution < 1.29 is 9.13 Å². The summed E-state index contributed by atoms with van der Waals surface area (Å²) in [5.74, 6) is 0.926. The molecule has 2 aromatic rings. The lowest BCUT2D eigenvalue weighted by Gasteiger charge is -2.10. The van der Waals surface area contributed by atoms with E-state index in [2.05, 4.69) is 22.2 Å². The molecule has 1 N–H and O–H groups in total. The first-order valence-electron chi connectivity index (χ1n) is 6.60. The van der Waals surface area contributed by atoms with Gasteiger partial charge >= 0.3 is 0 Å². The summed E-state index contributed by atoms with van der Waals surface area (Å²) in [4.78, 5) is 8.69. The van der Waals surface area contributed by atoms with Crippen molar-refractivity contribution >= 4 is 5.82 Å². The molecular weight excluding hydrogens is 257 g/mol. The van der Waals surface area contributed by atoms with Gasteiger partial charge in [0.15, 0.2) is 5.82 Å². The summed E-state index contributed by atoms with van der Waals surface area (Å²) in [6.45, 7) is 3.17. The van der Waals surface area contributed by atoms with Gasteiger partial charge in [-0.3, -0.25) is 0 Å². The standard InChI is InChI=1S/C15H18FN3O/c1-3-8-17-14-9-13(18-15(19-14)10-20-2)11-6-4-5-7-12(11)16/h4-7,9H,3,8,10H2,1-2H3,(H,17,18,19). The third-order valence-corrected chi connectivity index (χ3v) is 2.75. The molecule has 0 aliphatic rings. The first-order chi connectivity index (χ1) is 9.74. The minimum Gasteiger partial charge on any atom is -0.377 e. The Morgan fingerprint density at radius 1 is 1.25 bits per heavy atom. The van der Waals surface area contributed by atoms with Crippen molar-refractivity contribution in [2.75, 3.05) is 19.0 Å². The van der Waals surface area contributed by atoms with Crippen molar-refractivity contribution in [3.8, 4) is 11.3 Å². The molecule has 5 heteroatoms. The zero-order valence-electron chi connectivity index (χ0n) is 11.7. The van der Waals surface area contributed by atoms with Crippen molar-refractivity contribution in [2.24, 2.45) is 0 Å². The lowest BCUT2D eigenvalue weighted by Crippen LogP contribution is -2.07. The second-order valence-corrected chi connectivity index (χ2v) is 4.39. The van der Waals surface area contributed by atoms with E-state index < -0.39 is 0 Å². The Morgan fingerprint density at radius 3 is 2.75 bits per heavy atom. The molecule has 1 aromatic heterocycles. The van der Waals surface area contributed by atoms with Crippen molar-refractivity contribution in [2.45, 2.75) is 20.0 Å². The number of hydrogen-bond donors (Lipinski definition) is 1. The first kappa shape index (κ1) is 14.4. The van der Waals surface area contributed by atoms with Gasteiger partial charge in [-0.1, -0.05) is 19.1 Å². The van der Waals surface area contributed by atoms with Gasteiger partial charge in [-0.05, 0) is 18.6 Å². The molecule has 1 aromatic carbocycles. The Morgan fingerprint density at radius 2 is 2.05 bits per heavy atom. The van der Waals surface area contributed by atoms with Crippen molar-refractivity contribution in [1.29, 1.82) is 0 Å². The van der Waals surface area contributed by atoms with Crippen LogP contribution < -0.4 is 5.32 Å². The van der Waals surface area contributed by atoms with Crippen LogP contribution in [0, 0.1) is 5.82 Å². The molecule has 0 amide bonds. The number of ether oxygens (including phenoxy) is 1. The summed E-state index contributed by atoms with van der Waals surface area (Å²) in [5, 5.41) is 3.19. The van der Waals surface area contributed by atoms with E-state index in [1.54, 1.807) is 31.4 Å². The molecule has 0 aliphatic carbocycles. The van der Waals surface area contributed by atoms with E-state index in [0.29, 0.717) is 29.5 Å². The summed E-state index contributed by atoms with van der Waals surface area (Å²) >= 11 is 0. The largest absolute Gasteiger partial charge is 0.377 e. The molecule has 4 nitrogen and oxygen atoms in total.